The van der Waals surface area contributed by atoms with Gasteiger partial charge >= 0.3 is 0 Å². The first kappa shape index (κ1) is 95.8. The van der Waals surface area contributed by atoms with E-state index in [1.165, 1.54) is 0 Å². The van der Waals surface area contributed by atoms with Crippen molar-refractivity contribution in [2.75, 3.05) is 110 Å². The molecule has 6 saturated heterocycles. The highest BCUT2D eigenvalue weighted by molar-refractivity contribution is 5.52. The van der Waals surface area contributed by atoms with Crippen molar-refractivity contribution in [3.05, 3.63) is 0 Å². The highest BCUT2D eigenvalue weighted by Crippen LogP contribution is 2.43. The molecule has 3 aromatic heterocycles. The Morgan fingerprint density at radius 3 is 0.538 bits per heavy atom. The van der Waals surface area contributed by atoms with Gasteiger partial charge in [0.05, 0.1) is 0 Å². The maximum Gasteiger partial charge on any atom is 0.232 e. The molecule has 3 aromatic rings. The van der Waals surface area contributed by atoms with E-state index in [-0.39, 0.29) is 103 Å². The zero-order chi connectivity index (χ0) is 86.2. The summed E-state index contributed by atoms with van der Waals surface area (Å²) in [7, 11) is 0. The van der Waals surface area contributed by atoms with E-state index in [9.17, 15) is 0 Å². The monoisotopic (exact) mass is 1630 g/mol. The van der Waals surface area contributed by atoms with E-state index in [1.54, 1.807) is 0 Å². The second-order valence-electron chi connectivity index (χ2n) is 45.3. The first-order valence-electron chi connectivity index (χ1n) is 47.3. The molecule has 0 radical (unpaired) electrons. The molecule has 0 aromatic carbocycles. The Morgan fingerprint density at radius 1 is 0.222 bits per heavy atom. The third-order valence-electron chi connectivity index (χ3n) is 25.6. The fourth-order valence-corrected chi connectivity index (χ4v) is 23.0. The van der Waals surface area contributed by atoms with Crippen molar-refractivity contribution >= 4 is 53.5 Å². The molecule has 117 heavy (non-hydrogen) atoms. The van der Waals surface area contributed by atoms with Crippen molar-refractivity contribution in [1.29, 1.82) is 0 Å². The number of hydrogen-bond donors (Lipinski definition) is 8. The van der Waals surface area contributed by atoms with Crippen LogP contribution < -0.4 is 76.8 Å². The van der Waals surface area contributed by atoms with Gasteiger partial charge in [-0.05, 0) is 295 Å². The van der Waals surface area contributed by atoms with E-state index in [1.807, 2.05) is 0 Å². The van der Waals surface area contributed by atoms with E-state index in [0.29, 0.717) is 38.1 Å². The van der Waals surface area contributed by atoms with Crippen LogP contribution in [0.15, 0.2) is 0 Å². The van der Waals surface area contributed by atoms with Crippen LogP contribution in [0.2, 0.25) is 0 Å². The third kappa shape index (κ3) is 28.0. The van der Waals surface area contributed by atoms with Crippen LogP contribution in [0.4, 0.5) is 53.5 Å². The summed E-state index contributed by atoms with van der Waals surface area (Å²) in [6, 6.07) is 1.33. The Kier molecular flexibility index (Phi) is 31.8. The summed E-state index contributed by atoms with van der Waals surface area (Å²) in [6.07, 6.45) is 26.0. The summed E-state index contributed by atoms with van der Waals surface area (Å²) in [5, 5.41) is 32.0. The predicted molar refractivity (Wildman–Crippen MR) is 497 cm³/mol. The number of nitrogens with zero attached hydrogens (tertiary/aromatic N) is 16. The molecule has 0 atom stereocenters. The zero-order valence-corrected chi connectivity index (χ0v) is 80.6. The van der Waals surface area contributed by atoms with Gasteiger partial charge in [-0.15, -0.1) is 0 Å². The van der Waals surface area contributed by atoms with Gasteiger partial charge in [0.2, 0.25) is 53.5 Å². The van der Waals surface area contributed by atoms with Gasteiger partial charge in [-0.25, -0.2) is 0 Å². The quantitative estimate of drug-likeness (QED) is 0.0247. The Bertz CT molecular complexity index is 3120. The number of hydrogen-bond acceptors (Lipinski definition) is 24. The van der Waals surface area contributed by atoms with Gasteiger partial charge in [0, 0.05) is 168 Å². The highest BCUT2D eigenvalue weighted by atomic mass is 15.4. The molecule has 0 unspecified atom stereocenters. The smallest absolute Gasteiger partial charge is 0.232 e. The lowest BCUT2D eigenvalue weighted by molar-refractivity contribution is 0.156. The molecule has 6 fully saturated rings. The summed E-state index contributed by atoms with van der Waals surface area (Å²) in [5.74, 6) is 6.69. The van der Waals surface area contributed by atoms with E-state index in [2.05, 4.69) is 285 Å². The minimum atomic E-state index is -0.102. The number of aromatic nitrogens is 9. The number of piperidine rings is 6. The van der Waals surface area contributed by atoms with Gasteiger partial charge in [-0.1, -0.05) is 80.1 Å². The van der Waals surface area contributed by atoms with E-state index in [0.717, 1.165) is 248 Å². The molecular formula is C93H176N24. The van der Waals surface area contributed by atoms with Gasteiger partial charge in [0.1, 0.15) is 0 Å². The molecular weight excluding hydrogens is 1450 g/mol. The average Bonchev–Trinajstić information content (AvgIpc) is 0.781. The second kappa shape index (κ2) is 38.8. The normalized spacial score (nSPS) is 22.8. The van der Waals surface area contributed by atoms with Gasteiger partial charge < -0.3 is 76.8 Å². The van der Waals surface area contributed by atoms with E-state index >= 15 is 0 Å². The number of rotatable bonds is 41. The Labute approximate surface area is 714 Å². The van der Waals surface area contributed by atoms with Crippen LogP contribution in [-0.4, -0.2) is 213 Å². The van der Waals surface area contributed by atoms with Crippen LogP contribution in [0.5, 0.6) is 0 Å². The zero-order valence-electron chi connectivity index (χ0n) is 80.6. The lowest BCUT2D eigenvalue weighted by Crippen LogP contribution is -2.63. The van der Waals surface area contributed by atoms with Crippen LogP contribution >= 0.6 is 0 Å². The largest absolute Gasteiger partial charge is 0.354 e. The molecule has 6 aliphatic rings. The lowest BCUT2D eigenvalue weighted by atomic mass is 9.79. The van der Waals surface area contributed by atoms with E-state index < -0.39 is 0 Å². The average molecular weight is 1630 g/mol. The molecule has 24 heteroatoms. The van der Waals surface area contributed by atoms with Crippen LogP contribution in [0, 0.1) is 0 Å². The molecule has 0 amide bonds. The maximum absolute atomic E-state index is 5.90. The fraction of sp³-hybridized carbons (Fsp3) is 0.903. The van der Waals surface area contributed by atoms with Crippen LogP contribution in [0.3, 0.4) is 0 Å². The first-order chi connectivity index (χ1) is 54.4. The lowest BCUT2D eigenvalue weighted by Gasteiger charge is -2.50. The van der Waals surface area contributed by atoms with Gasteiger partial charge in [-0.3, -0.25) is 0 Å². The topological polar surface area (TPSA) is 235 Å². The second-order valence-corrected chi connectivity index (χ2v) is 45.3. The molecule has 9 heterocycles. The van der Waals surface area contributed by atoms with Crippen molar-refractivity contribution in [2.24, 2.45) is 0 Å². The van der Waals surface area contributed by atoms with Crippen LogP contribution in [0.25, 0.3) is 0 Å². The van der Waals surface area contributed by atoms with Gasteiger partial charge in [-0.2, -0.15) is 44.9 Å². The summed E-state index contributed by atoms with van der Waals surface area (Å²) in [6.45, 7) is 78.6. The predicted octanol–water partition coefficient (Wildman–Crippen LogP) is 17.5. The van der Waals surface area contributed by atoms with Crippen LogP contribution in [-0.2, 0) is 0 Å². The molecule has 668 valence electrons. The Balaban J connectivity index is 1.18. The van der Waals surface area contributed by atoms with Gasteiger partial charge in [0.15, 0.2) is 0 Å². The molecule has 24 nitrogen and oxygen atoms in total. The van der Waals surface area contributed by atoms with Crippen molar-refractivity contribution in [3.8, 4) is 0 Å². The van der Waals surface area contributed by atoms with E-state index in [4.69, 9.17) is 44.9 Å². The molecule has 6 aliphatic heterocycles. The van der Waals surface area contributed by atoms with Crippen molar-refractivity contribution in [1.82, 2.24) is 76.8 Å². The maximum atomic E-state index is 5.90. The summed E-state index contributed by atoms with van der Waals surface area (Å²) >= 11 is 0. The molecule has 0 aliphatic carbocycles. The first-order valence-corrected chi connectivity index (χ1v) is 47.3. The third-order valence-corrected chi connectivity index (χ3v) is 25.6. The highest BCUT2D eigenvalue weighted by Gasteiger charge is 2.48. The van der Waals surface area contributed by atoms with Crippen molar-refractivity contribution < 1.29 is 0 Å². The number of nitrogens with one attached hydrogen (secondary N) is 8. The molecule has 0 saturated carbocycles. The molecule has 8 N–H and O–H groups in total. The molecule has 0 bridgehead atoms. The fourth-order valence-electron chi connectivity index (χ4n) is 23.0. The standard InChI is InChI=1S/C93H176N24/c1-31-37-49-112(67-55-82(7,8)105-83(9,10)56-67)76-96-73(97-77(102-76)113(50-38-32-2)68-57-84(11,12)106-85(13,14)58-68)94-45-43-47-111(75-100-80(116(53-41-35-5)71-63-90(23,24)109-91(25,26)64-71)104-81(101-75)117(54-42-36-6)72-65-92(27,28)110-93(29,30)66-72)48-44-46-95-74-98-78(114(51-39-33-3)69-59-86(15,16)107-87(17,18)60-69)103-79(99-74)115(52-40-34-4)70-61-88(19,20)108-89(21,22)62-70/h67-72,105-110H,31-66H2,1-30H3,(H,94,96,97,102)(H,95,98,99,103). The number of anilines is 9. The Hall–Kier alpha value is -5.01. The van der Waals surface area contributed by atoms with Crippen molar-refractivity contribution in [2.45, 2.75) is 477 Å². The summed E-state index contributed by atoms with van der Waals surface area (Å²) in [5.41, 5.74) is -1.00. The molecule has 9 rings (SSSR count). The Morgan fingerprint density at radius 2 is 0.376 bits per heavy atom. The molecule has 0 spiro atoms. The van der Waals surface area contributed by atoms with Crippen LogP contribution in [0.1, 0.15) is 375 Å². The van der Waals surface area contributed by atoms with Gasteiger partial charge in [0.25, 0.3) is 0 Å². The minimum Gasteiger partial charge on any atom is -0.354 e. The minimum absolute atomic E-state index is 0.0744. The summed E-state index contributed by atoms with van der Waals surface area (Å²) in [4.78, 5) is 69.5. The number of unbranched alkanes of at least 4 members (excludes halogenated alkanes) is 6. The summed E-state index contributed by atoms with van der Waals surface area (Å²) < 4.78 is 0. The van der Waals surface area contributed by atoms with Crippen molar-refractivity contribution in [3.63, 3.8) is 0 Å². The SMILES string of the molecule is CCCCN(c1nc(NCCCN(CCCNc2nc(N(CCCC)C3CC(C)(C)NC(C)(C)C3)nc(N(CCCC)C3CC(C)(C)NC(C)(C)C3)n2)c2nc(N(CCCC)C3CC(C)(C)NC(C)(C)C3)nc(N(CCCC)C3CC(C)(C)NC(C)(C)C3)n2)nc(N(CCCC)C2CC(C)(C)NC(C)(C)C2)n1)C1CC(C)(C)NC(C)(C)C1.